The Kier molecular flexibility index (Phi) is 34.8. The number of anilines is 3. The third-order valence-electron chi connectivity index (χ3n) is 33.1. The molecule has 4 aliphatic carbocycles. The molecule has 2 heteroatoms. The SMILES string of the molecule is CCCCCCCCC1(CCCCCCC)c2cc(-c3ccc4c(c3)Oc3cc(-c5ccc6c(c5)C(CCCCCCC)(CCCCCCC)c5cc7c(cc5-6)C(CCCCCCCC)(CCCCCCCC)c5ccccc5-7)ccc3N4c3c(-c4ccccc4)cccc3-c3ccccc3)ccc2-c2cc3c(cc21)-c1ccccc1C3(CCCCCCCC)CCCCCCCC. The van der Waals surface area contributed by atoms with Crippen molar-refractivity contribution in [2.75, 3.05) is 4.90 Å². The minimum atomic E-state index is -0.126. The van der Waals surface area contributed by atoms with Crippen LogP contribution in [0.3, 0.4) is 0 Å². The van der Waals surface area contributed by atoms with Crippen molar-refractivity contribution in [3.8, 4) is 101 Å². The highest BCUT2D eigenvalue weighted by Crippen LogP contribution is 2.66. The Morgan fingerprint density at radius 1 is 0.173 bits per heavy atom. The zero-order valence-corrected chi connectivity index (χ0v) is 84.2. The van der Waals surface area contributed by atoms with Crippen molar-refractivity contribution in [3.63, 3.8) is 0 Å². The van der Waals surface area contributed by atoms with E-state index in [9.17, 15) is 0 Å². The number of ether oxygens (including phenoxy) is 1. The van der Waals surface area contributed by atoms with Crippen LogP contribution in [0.15, 0.2) is 224 Å². The molecule has 702 valence electrons. The van der Waals surface area contributed by atoms with E-state index in [0.717, 1.165) is 28.6 Å². The second-order valence-corrected chi connectivity index (χ2v) is 42.1. The van der Waals surface area contributed by atoms with Gasteiger partial charge in [0, 0.05) is 32.8 Å². The Hall–Kier alpha value is -8.98. The van der Waals surface area contributed by atoms with E-state index < -0.39 is 0 Å². The fourth-order valence-corrected chi connectivity index (χ4v) is 25.9. The van der Waals surface area contributed by atoms with Crippen LogP contribution in [0.4, 0.5) is 17.1 Å². The van der Waals surface area contributed by atoms with E-state index in [2.05, 4.69) is 285 Å². The second-order valence-electron chi connectivity index (χ2n) is 42.1. The smallest absolute Gasteiger partial charge is 0.152 e. The minimum absolute atomic E-state index is 0.00371. The summed E-state index contributed by atoms with van der Waals surface area (Å²) in [4.78, 5) is 2.60. The van der Waals surface area contributed by atoms with E-state index in [0.29, 0.717) is 0 Å². The van der Waals surface area contributed by atoms with Gasteiger partial charge in [-0.1, -0.05) is 508 Å². The average molecular weight is 1770 g/mol. The highest BCUT2D eigenvalue weighted by Gasteiger charge is 2.51. The lowest BCUT2D eigenvalue weighted by molar-refractivity contribution is 0.395. The van der Waals surface area contributed by atoms with Crippen molar-refractivity contribution in [1.29, 1.82) is 0 Å². The van der Waals surface area contributed by atoms with Gasteiger partial charge < -0.3 is 9.64 Å². The van der Waals surface area contributed by atoms with E-state index in [-0.39, 0.29) is 21.7 Å². The standard InChI is InChI=1S/C131H167NO/c1-9-17-25-33-41-59-83-128(84-60-42-34-26-18-10-2)115-73-54-52-69-107(115)111-95-121-113(97-119(111)128)109-79-75-101(91-117(109)130(121,87-56-38-30-22-14-6)88-57-39-31-23-15-7)103-77-81-123-125(93-103)133-126-94-104(78-82-124(126)132(123)127-105(99-65-48-46-49-66-99)71-64-72-106(127)100-67-50-47-51-68-100)102-76-80-110-114-98-120-112(96-122(114)131(118(110)92-102,89-58-40-32-24-16-8)90-63-45-37-29-21-13-5)108-70-53-55-74-116(108)129(120,85-61-43-35-27-19-11-3)86-62-44-36-28-20-12-4/h46-55,64-82,91-98H,9-45,56-63,83-90H2,1-8H3. The molecule has 0 spiro atoms. The molecule has 1 heterocycles. The lowest BCUT2D eigenvalue weighted by atomic mass is 9.68. The quantitative estimate of drug-likeness (QED) is 0.0352. The number of hydrogen-bond acceptors (Lipinski definition) is 2. The van der Waals surface area contributed by atoms with Gasteiger partial charge in [-0.3, -0.25) is 0 Å². The highest BCUT2D eigenvalue weighted by atomic mass is 16.5. The predicted octanol–water partition coefficient (Wildman–Crippen LogP) is 41.8. The first-order valence-corrected chi connectivity index (χ1v) is 55.5. The second kappa shape index (κ2) is 47.7. The minimum Gasteiger partial charge on any atom is -0.453 e. The zero-order chi connectivity index (χ0) is 91.7. The molecule has 133 heavy (non-hydrogen) atoms. The van der Waals surface area contributed by atoms with Crippen LogP contribution in [0.25, 0.3) is 89.0 Å². The van der Waals surface area contributed by atoms with Crippen molar-refractivity contribution in [2.45, 2.75) is 417 Å². The van der Waals surface area contributed by atoms with Crippen molar-refractivity contribution in [2.24, 2.45) is 0 Å². The predicted molar refractivity (Wildman–Crippen MR) is 578 cm³/mol. The Morgan fingerprint density at radius 3 is 0.692 bits per heavy atom. The summed E-state index contributed by atoms with van der Waals surface area (Å²) in [6.07, 6.45) is 68.3. The molecule has 11 aromatic rings. The fourth-order valence-electron chi connectivity index (χ4n) is 25.9. The van der Waals surface area contributed by atoms with Crippen molar-refractivity contribution in [1.82, 2.24) is 0 Å². The molecule has 2 nitrogen and oxygen atoms in total. The number of hydrogen-bond donors (Lipinski definition) is 0. The third kappa shape index (κ3) is 21.1. The molecule has 11 aromatic carbocycles. The number of unbranched alkanes of at least 4 members (excludes halogenated alkanes) is 37. The Morgan fingerprint density at radius 2 is 0.398 bits per heavy atom. The number of benzene rings is 11. The Labute approximate surface area is 808 Å². The lowest BCUT2D eigenvalue weighted by Crippen LogP contribution is -2.27. The summed E-state index contributed by atoms with van der Waals surface area (Å²) < 4.78 is 7.92. The van der Waals surface area contributed by atoms with Gasteiger partial charge in [-0.25, -0.2) is 0 Å². The average Bonchev–Trinajstić information content (AvgIpc) is 1.55. The summed E-state index contributed by atoms with van der Waals surface area (Å²) in [5, 5.41) is 0. The van der Waals surface area contributed by atoms with Crippen LogP contribution in [-0.4, -0.2) is 0 Å². The van der Waals surface area contributed by atoms with Gasteiger partial charge in [0.15, 0.2) is 11.5 Å². The molecule has 0 saturated heterocycles. The monoisotopic (exact) mass is 1770 g/mol. The van der Waals surface area contributed by atoms with Crippen LogP contribution >= 0.6 is 0 Å². The maximum atomic E-state index is 7.92. The summed E-state index contributed by atoms with van der Waals surface area (Å²) >= 11 is 0. The van der Waals surface area contributed by atoms with E-state index >= 15 is 0 Å². The number of nitrogens with zero attached hydrogens (tertiary/aromatic N) is 1. The van der Waals surface area contributed by atoms with Gasteiger partial charge >= 0.3 is 0 Å². The third-order valence-corrected chi connectivity index (χ3v) is 33.1. The van der Waals surface area contributed by atoms with E-state index in [1.165, 1.54) is 418 Å². The van der Waals surface area contributed by atoms with Crippen LogP contribution in [0.5, 0.6) is 11.5 Å². The molecule has 1 aliphatic heterocycles. The summed E-state index contributed by atoms with van der Waals surface area (Å²) in [7, 11) is 0. The van der Waals surface area contributed by atoms with Crippen LogP contribution < -0.4 is 9.64 Å². The summed E-state index contributed by atoms with van der Waals surface area (Å²) in [5.41, 5.74) is 37.8. The maximum absolute atomic E-state index is 7.92. The molecular weight excluding hydrogens is 1600 g/mol. The van der Waals surface area contributed by atoms with E-state index in [4.69, 9.17) is 4.74 Å². The molecule has 0 bridgehead atoms. The molecule has 5 aliphatic rings. The first-order valence-electron chi connectivity index (χ1n) is 55.5. The molecule has 0 fully saturated rings. The zero-order valence-electron chi connectivity index (χ0n) is 84.2. The first-order chi connectivity index (χ1) is 65.7. The number of rotatable bonds is 58. The Balaban J connectivity index is 0.850. The summed E-state index contributed by atoms with van der Waals surface area (Å²) in [5.74, 6) is 1.77. The molecule has 16 rings (SSSR count). The van der Waals surface area contributed by atoms with Gasteiger partial charge in [0.2, 0.25) is 0 Å². The first kappa shape index (κ1) is 97.1. The highest BCUT2D eigenvalue weighted by molar-refractivity contribution is 6.02. The van der Waals surface area contributed by atoms with Gasteiger partial charge in [0.05, 0.1) is 17.1 Å². The number of para-hydroxylation sites is 1. The molecule has 0 amide bonds. The van der Waals surface area contributed by atoms with Crippen molar-refractivity contribution < 1.29 is 4.74 Å². The molecular formula is C131H167NO. The lowest BCUT2D eigenvalue weighted by Gasteiger charge is -2.36. The van der Waals surface area contributed by atoms with Crippen LogP contribution in [-0.2, 0) is 21.7 Å². The molecule has 0 radical (unpaired) electrons. The molecule has 1 atom stereocenters. The molecule has 0 aromatic heterocycles. The van der Waals surface area contributed by atoms with E-state index in [1.54, 1.807) is 55.6 Å². The molecule has 0 saturated carbocycles. The Bertz CT molecular complexity index is 5410. The van der Waals surface area contributed by atoms with Gasteiger partial charge in [0.1, 0.15) is 0 Å². The van der Waals surface area contributed by atoms with Gasteiger partial charge in [-0.2, -0.15) is 0 Å². The normalized spacial score (nSPS) is 15.1. The molecule has 0 N–H and O–H groups in total. The topological polar surface area (TPSA) is 12.5 Å². The summed E-state index contributed by atoms with van der Waals surface area (Å²) in [6.45, 7) is 19.0. The summed E-state index contributed by atoms with van der Waals surface area (Å²) in [6, 6.07) is 91.0. The van der Waals surface area contributed by atoms with Crippen LogP contribution in [0.2, 0.25) is 0 Å². The van der Waals surface area contributed by atoms with Gasteiger partial charge in [0.25, 0.3) is 0 Å². The fraction of sp³-hybridized carbons (Fsp3) is 0.496. The molecule has 1 unspecified atom stereocenters. The van der Waals surface area contributed by atoms with Gasteiger partial charge in [-0.05, 0) is 234 Å². The van der Waals surface area contributed by atoms with Crippen molar-refractivity contribution >= 4 is 17.1 Å². The van der Waals surface area contributed by atoms with E-state index in [1.807, 2.05) is 0 Å². The van der Waals surface area contributed by atoms with Crippen LogP contribution in [0.1, 0.15) is 440 Å². The maximum Gasteiger partial charge on any atom is 0.152 e. The largest absolute Gasteiger partial charge is 0.453 e. The van der Waals surface area contributed by atoms with Crippen molar-refractivity contribution in [3.05, 3.63) is 269 Å². The van der Waals surface area contributed by atoms with Crippen LogP contribution in [0, 0.1) is 0 Å². The number of fused-ring (bicyclic) bond motifs is 14. The van der Waals surface area contributed by atoms with Gasteiger partial charge in [-0.15, -0.1) is 0 Å².